The van der Waals surface area contributed by atoms with Crippen molar-refractivity contribution in [3.05, 3.63) is 89.5 Å². The molecule has 1 aliphatic carbocycles. The molecular formula is C36H43N3O6. The van der Waals surface area contributed by atoms with E-state index in [0.29, 0.717) is 62.7 Å². The summed E-state index contributed by atoms with van der Waals surface area (Å²) < 4.78 is 5.40. The normalized spacial score (nSPS) is 16.3. The van der Waals surface area contributed by atoms with E-state index in [1.807, 2.05) is 81.4 Å². The molecule has 3 amide bonds. The summed E-state index contributed by atoms with van der Waals surface area (Å²) in [5.41, 5.74) is 4.24. The van der Waals surface area contributed by atoms with Gasteiger partial charge in [-0.2, -0.15) is 0 Å². The fourth-order valence-electron chi connectivity index (χ4n) is 5.66. The Bertz CT molecular complexity index is 1460. The van der Waals surface area contributed by atoms with Gasteiger partial charge in [0.2, 0.25) is 5.91 Å². The molecule has 9 nitrogen and oxygen atoms in total. The first kappa shape index (κ1) is 33.2. The molecule has 45 heavy (non-hydrogen) atoms. The third kappa shape index (κ3) is 9.93. The lowest BCUT2D eigenvalue weighted by Crippen LogP contribution is -2.47. The number of alkyl carbamates (subject to hydrolysis) is 1. The van der Waals surface area contributed by atoms with Crippen molar-refractivity contribution in [2.75, 3.05) is 4.90 Å². The largest absolute Gasteiger partial charge is 0.465 e. The third-order valence-electron chi connectivity index (χ3n) is 7.87. The van der Waals surface area contributed by atoms with Crippen molar-refractivity contribution < 1.29 is 29.0 Å². The van der Waals surface area contributed by atoms with Crippen LogP contribution in [0.4, 0.5) is 15.3 Å². The zero-order chi connectivity index (χ0) is 32.4. The number of aldehydes is 1. The highest BCUT2D eigenvalue weighted by Crippen LogP contribution is 2.36. The highest BCUT2D eigenvalue weighted by atomic mass is 16.6. The molecule has 1 fully saturated rings. The smallest absolute Gasteiger partial charge is 0.412 e. The standard InChI is InChI=1S/C36H43N3O6/c1-36(2,3)45-34(42)38-29-17-19-30(20-18-29)39(35(43)44)32-22-25(16-21-31(32)28-9-5-4-6-10-28)8-7-11-33(41)37-23-26-12-14-27(24-40)15-13-26/h4-6,9-10,12-16,21-22,24,29-30H,7-8,11,17-20,23H2,1-3H3,(H,37,41)(H,38,42)(H,43,44). The van der Waals surface area contributed by atoms with Crippen LogP contribution in [0.3, 0.4) is 0 Å². The van der Waals surface area contributed by atoms with E-state index >= 15 is 0 Å². The number of hydrogen-bond acceptors (Lipinski definition) is 5. The molecule has 0 atom stereocenters. The second-order valence-corrected chi connectivity index (χ2v) is 12.5. The molecule has 0 heterocycles. The summed E-state index contributed by atoms with van der Waals surface area (Å²) in [4.78, 5) is 49.9. The molecule has 3 N–H and O–H groups in total. The van der Waals surface area contributed by atoms with E-state index in [-0.39, 0.29) is 18.0 Å². The van der Waals surface area contributed by atoms with Gasteiger partial charge in [-0.05, 0) is 82.1 Å². The fraction of sp³-hybridized carbons (Fsp3) is 0.389. The molecule has 0 bridgehead atoms. The van der Waals surface area contributed by atoms with Gasteiger partial charge in [0.25, 0.3) is 0 Å². The SMILES string of the molecule is CC(C)(C)OC(=O)NC1CCC(N(C(=O)O)c2cc(CCCC(=O)NCc3ccc(C=O)cc3)ccc2-c2ccccc2)CC1. The van der Waals surface area contributed by atoms with Crippen LogP contribution in [0.15, 0.2) is 72.8 Å². The van der Waals surface area contributed by atoms with Crippen LogP contribution >= 0.6 is 0 Å². The van der Waals surface area contributed by atoms with E-state index in [0.717, 1.165) is 28.5 Å². The fourth-order valence-corrected chi connectivity index (χ4v) is 5.66. The minimum atomic E-state index is -1.02. The number of anilines is 1. The van der Waals surface area contributed by atoms with Gasteiger partial charge in [0, 0.05) is 36.2 Å². The molecule has 0 radical (unpaired) electrons. The van der Waals surface area contributed by atoms with Crippen LogP contribution in [0.25, 0.3) is 11.1 Å². The predicted molar refractivity (Wildman–Crippen MR) is 174 cm³/mol. The zero-order valence-electron chi connectivity index (χ0n) is 26.3. The van der Waals surface area contributed by atoms with E-state index in [1.165, 1.54) is 4.90 Å². The monoisotopic (exact) mass is 613 g/mol. The lowest BCUT2D eigenvalue weighted by Gasteiger charge is -2.36. The molecule has 0 unspecified atom stereocenters. The average Bonchev–Trinajstić information content (AvgIpc) is 3.01. The Kier molecular flexibility index (Phi) is 11.4. The number of benzene rings is 3. The van der Waals surface area contributed by atoms with Gasteiger partial charge < -0.3 is 20.5 Å². The number of nitrogens with zero attached hydrogens (tertiary/aromatic N) is 1. The highest BCUT2D eigenvalue weighted by molar-refractivity contribution is 5.93. The lowest BCUT2D eigenvalue weighted by molar-refractivity contribution is -0.121. The Hall–Kier alpha value is -4.66. The Balaban J connectivity index is 1.43. The molecule has 238 valence electrons. The van der Waals surface area contributed by atoms with Crippen LogP contribution in [-0.4, -0.2) is 47.2 Å². The Morgan fingerprint density at radius 3 is 2.22 bits per heavy atom. The van der Waals surface area contributed by atoms with E-state index < -0.39 is 17.8 Å². The third-order valence-corrected chi connectivity index (χ3v) is 7.87. The molecular weight excluding hydrogens is 570 g/mol. The van der Waals surface area contributed by atoms with Crippen LogP contribution in [0.1, 0.15) is 80.8 Å². The molecule has 3 aromatic carbocycles. The van der Waals surface area contributed by atoms with E-state index in [1.54, 1.807) is 12.1 Å². The molecule has 1 saturated carbocycles. The first-order valence-electron chi connectivity index (χ1n) is 15.5. The van der Waals surface area contributed by atoms with Gasteiger partial charge >= 0.3 is 12.2 Å². The molecule has 0 aromatic heterocycles. The second kappa shape index (κ2) is 15.4. The lowest BCUT2D eigenvalue weighted by atomic mass is 9.89. The molecule has 0 saturated heterocycles. The van der Waals surface area contributed by atoms with Crippen molar-refractivity contribution in [2.24, 2.45) is 0 Å². The van der Waals surface area contributed by atoms with Crippen molar-refractivity contribution >= 4 is 30.1 Å². The van der Waals surface area contributed by atoms with Crippen molar-refractivity contribution in [2.45, 2.75) is 89.9 Å². The van der Waals surface area contributed by atoms with Crippen LogP contribution in [0, 0.1) is 0 Å². The number of aryl methyl sites for hydroxylation is 1. The minimum Gasteiger partial charge on any atom is -0.465 e. The quantitative estimate of drug-likeness (QED) is 0.198. The Labute approximate surface area is 265 Å². The van der Waals surface area contributed by atoms with Gasteiger partial charge in [0.1, 0.15) is 11.9 Å². The van der Waals surface area contributed by atoms with Gasteiger partial charge in [0.15, 0.2) is 0 Å². The number of carboxylic acid groups (broad SMARTS) is 1. The van der Waals surface area contributed by atoms with Crippen molar-refractivity contribution in [1.29, 1.82) is 0 Å². The first-order valence-corrected chi connectivity index (χ1v) is 15.5. The number of nitrogens with one attached hydrogen (secondary N) is 2. The number of amides is 3. The number of carbonyl (C=O) groups is 4. The van der Waals surface area contributed by atoms with Crippen LogP contribution in [0.5, 0.6) is 0 Å². The number of ether oxygens (including phenoxy) is 1. The van der Waals surface area contributed by atoms with Crippen LogP contribution in [0.2, 0.25) is 0 Å². The van der Waals surface area contributed by atoms with Gasteiger partial charge in [-0.25, -0.2) is 9.59 Å². The summed E-state index contributed by atoms with van der Waals surface area (Å²) >= 11 is 0. The molecule has 3 aromatic rings. The molecule has 0 spiro atoms. The van der Waals surface area contributed by atoms with E-state index in [4.69, 9.17) is 4.74 Å². The summed E-state index contributed by atoms with van der Waals surface area (Å²) in [6.45, 7) is 5.84. The summed E-state index contributed by atoms with van der Waals surface area (Å²) in [6.07, 6.45) is 3.35. The summed E-state index contributed by atoms with van der Waals surface area (Å²) in [6, 6.07) is 22.4. The number of carbonyl (C=O) groups excluding carboxylic acids is 3. The minimum absolute atomic E-state index is 0.0699. The van der Waals surface area contributed by atoms with Crippen LogP contribution < -0.4 is 15.5 Å². The summed E-state index contributed by atoms with van der Waals surface area (Å²) in [5, 5.41) is 16.3. The van der Waals surface area contributed by atoms with Crippen LogP contribution in [-0.2, 0) is 22.5 Å². The number of hydrogen-bond donors (Lipinski definition) is 3. The van der Waals surface area contributed by atoms with Crippen molar-refractivity contribution in [3.63, 3.8) is 0 Å². The molecule has 1 aliphatic rings. The highest BCUT2D eigenvalue weighted by Gasteiger charge is 2.32. The summed E-state index contributed by atoms with van der Waals surface area (Å²) in [5.74, 6) is -0.0699. The average molecular weight is 614 g/mol. The maximum Gasteiger partial charge on any atom is 0.412 e. The maximum absolute atomic E-state index is 12.8. The van der Waals surface area contributed by atoms with Crippen molar-refractivity contribution in [1.82, 2.24) is 10.6 Å². The van der Waals surface area contributed by atoms with Gasteiger partial charge in [-0.3, -0.25) is 14.5 Å². The topological polar surface area (TPSA) is 125 Å². The zero-order valence-corrected chi connectivity index (χ0v) is 26.3. The van der Waals surface area contributed by atoms with Gasteiger partial charge in [-0.15, -0.1) is 0 Å². The molecule has 9 heteroatoms. The van der Waals surface area contributed by atoms with E-state index in [2.05, 4.69) is 10.6 Å². The molecule has 0 aliphatic heterocycles. The summed E-state index contributed by atoms with van der Waals surface area (Å²) in [7, 11) is 0. The van der Waals surface area contributed by atoms with Gasteiger partial charge in [0.05, 0.1) is 5.69 Å². The molecule has 4 rings (SSSR count). The van der Waals surface area contributed by atoms with Gasteiger partial charge in [-0.1, -0.05) is 66.7 Å². The second-order valence-electron chi connectivity index (χ2n) is 12.5. The first-order chi connectivity index (χ1) is 21.5. The Morgan fingerprint density at radius 1 is 0.933 bits per heavy atom. The Morgan fingerprint density at radius 2 is 1.60 bits per heavy atom. The maximum atomic E-state index is 12.8. The number of rotatable bonds is 11. The van der Waals surface area contributed by atoms with E-state index in [9.17, 15) is 24.3 Å². The van der Waals surface area contributed by atoms with Crippen molar-refractivity contribution in [3.8, 4) is 11.1 Å². The predicted octanol–water partition coefficient (Wildman–Crippen LogP) is 7.13.